The van der Waals surface area contributed by atoms with Crippen molar-refractivity contribution in [1.82, 2.24) is 5.32 Å². The van der Waals surface area contributed by atoms with Crippen LogP contribution in [0.2, 0.25) is 0 Å². The van der Waals surface area contributed by atoms with Crippen LogP contribution in [0.15, 0.2) is 18.2 Å². The highest BCUT2D eigenvalue weighted by atomic mass is 16.5. The fourth-order valence-electron chi connectivity index (χ4n) is 2.65. The lowest BCUT2D eigenvalue weighted by Crippen LogP contribution is -2.26. The fraction of sp³-hybridized carbons (Fsp3) is 0.562. The fourth-order valence-corrected chi connectivity index (χ4v) is 2.65. The molecule has 1 aliphatic rings. The normalized spacial score (nSPS) is 19.2. The van der Waals surface area contributed by atoms with E-state index in [1.807, 2.05) is 12.1 Å². The summed E-state index contributed by atoms with van der Waals surface area (Å²) in [6.07, 6.45) is 3.68. The second kappa shape index (κ2) is 6.75. The van der Waals surface area contributed by atoms with Gasteiger partial charge in [0.1, 0.15) is 5.75 Å². The van der Waals surface area contributed by atoms with Crippen LogP contribution >= 0.6 is 0 Å². The van der Waals surface area contributed by atoms with Crippen molar-refractivity contribution in [3.05, 3.63) is 29.3 Å². The molecule has 1 aliphatic carbocycles. The number of aliphatic carboxylic acids is 1. The zero-order valence-corrected chi connectivity index (χ0v) is 12.2. The topological polar surface area (TPSA) is 58.6 Å². The molecule has 2 atom stereocenters. The Morgan fingerprint density at radius 2 is 2.35 bits per heavy atom. The van der Waals surface area contributed by atoms with Gasteiger partial charge < -0.3 is 15.2 Å². The number of hydrogen-bond acceptors (Lipinski definition) is 3. The van der Waals surface area contributed by atoms with Gasteiger partial charge in [0.15, 0.2) is 6.10 Å². The van der Waals surface area contributed by atoms with E-state index in [0.29, 0.717) is 11.8 Å². The molecule has 2 unspecified atom stereocenters. The standard InChI is InChI=1S/C16H23NO3/c1-3-9-17-15-6-4-5-12-10-13(7-8-14(12)15)20-11(2)16(18)19/h7-8,10-11,15,17H,3-6,9H2,1-2H3,(H,18,19). The SMILES string of the molecule is CCCNC1CCCc2cc(OC(C)C(=O)O)ccc21. The van der Waals surface area contributed by atoms with Crippen LogP contribution in [-0.2, 0) is 11.2 Å². The maximum Gasteiger partial charge on any atom is 0.344 e. The molecule has 1 aromatic carbocycles. The monoisotopic (exact) mass is 277 g/mol. The summed E-state index contributed by atoms with van der Waals surface area (Å²) in [6, 6.07) is 6.37. The van der Waals surface area contributed by atoms with Crippen molar-refractivity contribution >= 4 is 5.97 Å². The van der Waals surface area contributed by atoms with E-state index < -0.39 is 12.1 Å². The number of benzene rings is 1. The lowest BCUT2D eigenvalue weighted by molar-refractivity contribution is -0.144. The van der Waals surface area contributed by atoms with E-state index in [2.05, 4.69) is 18.3 Å². The summed E-state index contributed by atoms with van der Waals surface area (Å²) in [7, 11) is 0. The van der Waals surface area contributed by atoms with Gasteiger partial charge >= 0.3 is 5.97 Å². The van der Waals surface area contributed by atoms with Gasteiger partial charge in [-0.2, -0.15) is 0 Å². The third-order valence-electron chi connectivity index (χ3n) is 3.73. The second-order valence-electron chi connectivity index (χ2n) is 5.36. The van der Waals surface area contributed by atoms with Crippen LogP contribution in [0.25, 0.3) is 0 Å². The van der Waals surface area contributed by atoms with Crippen LogP contribution in [0, 0.1) is 0 Å². The molecule has 0 amide bonds. The average molecular weight is 277 g/mol. The van der Waals surface area contributed by atoms with Gasteiger partial charge in [-0.25, -0.2) is 4.79 Å². The molecule has 0 saturated carbocycles. The second-order valence-corrected chi connectivity index (χ2v) is 5.36. The number of carboxylic acids is 1. The third-order valence-corrected chi connectivity index (χ3v) is 3.73. The number of hydrogen-bond donors (Lipinski definition) is 2. The Hall–Kier alpha value is -1.55. The maximum atomic E-state index is 10.8. The number of carboxylic acid groups (broad SMARTS) is 1. The van der Waals surface area contributed by atoms with E-state index in [1.165, 1.54) is 17.5 Å². The van der Waals surface area contributed by atoms with Gasteiger partial charge in [-0.3, -0.25) is 0 Å². The lowest BCUT2D eigenvalue weighted by Gasteiger charge is -2.27. The third kappa shape index (κ3) is 3.51. The minimum Gasteiger partial charge on any atom is -0.479 e. The molecule has 110 valence electrons. The summed E-state index contributed by atoms with van der Waals surface area (Å²) >= 11 is 0. The first kappa shape index (κ1) is 14.9. The molecule has 4 heteroatoms. The van der Waals surface area contributed by atoms with Gasteiger partial charge in [0.2, 0.25) is 0 Å². The predicted molar refractivity (Wildman–Crippen MR) is 78.1 cm³/mol. The van der Waals surface area contributed by atoms with Crippen LogP contribution in [-0.4, -0.2) is 23.7 Å². The number of rotatable bonds is 6. The molecule has 2 N–H and O–H groups in total. The molecular formula is C16H23NO3. The van der Waals surface area contributed by atoms with Gasteiger partial charge in [0, 0.05) is 6.04 Å². The van der Waals surface area contributed by atoms with Crippen LogP contribution in [0.5, 0.6) is 5.75 Å². The predicted octanol–water partition coefficient (Wildman–Crippen LogP) is 2.92. The highest BCUT2D eigenvalue weighted by Gasteiger charge is 2.20. The van der Waals surface area contributed by atoms with E-state index in [9.17, 15) is 4.79 Å². The summed E-state index contributed by atoms with van der Waals surface area (Å²) in [5, 5.41) is 12.5. The molecule has 0 heterocycles. The van der Waals surface area contributed by atoms with E-state index in [4.69, 9.17) is 9.84 Å². The molecule has 2 rings (SSSR count). The zero-order chi connectivity index (χ0) is 14.5. The number of carbonyl (C=O) groups is 1. The summed E-state index contributed by atoms with van der Waals surface area (Å²) in [4.78, 5) is 10.8. The summed E-state index contributed by atoms with van der Waals surface area (Å²) in [5.74, 6) is -0.292. The molecule has 0 bridgehead atoms. The van der Waals surface area contributed by atoms with Gasteiger partial charge in [-0.1, -0.05) is 13.0 Å². The van der Waals surface area contributed by atoms with Crippen LogP contribution < -0.4 is 10.1 Å². The molecule has 4 nitrogen and oxygen atoms in total. The zero-order valence-electron chi connectivity index (χ0n) is 12.2. The Kier molecular flexibility index (Phi) is 5.01. The Morgan fingerprint density at radius 3 is 3.05 bits per heavy atom. The van der Waals surface area contributed by atoms with Gasteiger partial charge in [0.05, 0.1) is 0 Å². The average Bonchev–Trinajstić information content (AvgIpc) is 2.44. The Balaban J connectivity index is 2.12. The quantitative estimate of drug-likeness (QED) is 0.839. The summed E-state index contributed by atoms with van der Waals surface area (Å²) in [6.45, 7) is 4.74. The highest BCUT2D eigenvalue weighted by molar-refractivity contribution is 5.72. The molecule has 0 saturated heterocycles. The minimum atomic E-state index is -0.940. The van der Waals surface area contributed by atoms with Crippen LogP contribution in [0.1, 0.15) is 50.3 Å². The molecule has 0 radical (unpaired) electrons. The van der Waals surface area contributed by atoms with E-state index in [-0.39, 0.29) is 0 Å². The lowest BCUT2D eigenvalue weighted by atomic mass is 9.87. The minimum absolute atomic E-state index is 0.421. The van der Waals surface area contributed by atoms with Crippen molar-refractivity contribution in [2.24, 2.45) is 0 Å². The van der Waals surface area contributed by atoms with Gasteiger partial charge in [-0.15, -0.1) is 0 Å². The highest BCUT2D eigenvalue weighted by Crippen LogP contribution is 2.32. The summed E-state index contributed by atoms with van der Waals surface area (Å²) < 4.78 is 5.44. The molecule has 0 fully saturated rings. The number of ether oxygens (including phenoxy) is 1. The molecule has 20 heavy (non-hydrogen) atoms. The maximum absolute atomic E-state index is 10.8. The number of nitrogens with one attached hydrogen (secondary N) is 1. The molecule has 0 aromatic heterocycles. The van der Waals surface area contributed by atoms with Crippen molar-refractivity contribution in [1.29, 1.82) is 0 Å². The molecule has 0 aliphatic heterocycles. The Labute approximate surface area is 120 Å². The molecular weight excluding hydrogens is 254 g/mol. The molecule has 0 spiro atoms. The van der Waals surface area contributed by atoms with Gasteiger partial charge in [-0.05, 0) is 62.4 Å². The Bertz CT molecular complexity index is 473. The van der Waals surface area contributed by atoms with Crippen molar-refractivity contribution in [3.63, 3.8) is 0 Å². The Morgan fingerprint density at radius 1 is 1.55 bits per heavy atom. The largest absolute Gasteiger partial charge is 0.479 e. The van der Waals surface area contributed by atoms with E-state index >= 15 is 0 Å². The smallest absolute Gasteiger partial charge is 0.344 e. The van der Waals surface area contributed by atoms with Crippen molar-refractivity contribution in [3.8, 4) is 5.75 Å². The van der Waals surface area contributed by atoms with Crippen LogP contribution in [0.4, 0.5) is 0 Å². The first-order chi connectivity index (χ1) is 9.61. The number of fused-ring (bicyclic) bond motifs is 1. The van der Waals surface area contributed by atoms with Crippen LogP contribution in [0.3, 0.4) is 0 Å². The van der Waals surface area contributed by atoms with E-state index in [1.54, 1.807) is 6.92 Å². The molecule has 1 aromatic rings. The number of aryl methyl sites for hydroxylation is 1. The van der Waals surface area contributed by atoms with Crippen molar-refractivity contribution in [2.75, 3.05) is 6.54 Å². The first-order valence-electron chi connectivity index (χ1n) is 7.37. The summed E-state index contributed by atoms with van der Waals surface area (Å²) in [5.41, 5.74) is 2.61. The van der Waals surface area contributed by atoms with Crippen molar-refractivity contribution in [2.45, 2.75) is 51.7 Å². The van der Waals surface area contributed by atoms with Gasteiger partial charge in [0.25, 0.3) is 0 Å². The van der Waals surface area contributed by atoms with E-state index in [0.717, 1.165) is 25.8 Å². The van der Waals surface area contributed by atoms with Crippen molar-refractivity contribution < 1.29 is 14.6 Å². The first-order valence-corrected chi connectivity index (χ1v) is 7.37.